The zero-order valence-corrected chi connectivity index (χ0v) is 12.2. The highest BCUT2D eigenvalue weighted by Gasteiger charge is 2.06. The number of nitrogens with one attached hydrogen (secondary N) is 1. The molecule has 0 aliphatic heterocycles. The summed E-state index contributed by atoms with van der Waals surface area (Å²) in [6.45, 7) is 0.581. The van der Waals surface area contributed by atoms with E-state index in [9.17, 15) is 4.79 Å². The van der Waals surface area contributed by atoms with Crippen molar-refractivity contribution in [3.63, 3.8) is 0 Å². The first-order valence-corrected chi connectivity index (χ1v) is 6.73. The van der Waals surface area contributed by atoms with Gasteiger partial charge in [0.1, 0.15) is 0 Å². The first-order valence-electron chi connectivity index (χ1n) is 6.35. The molecule has 2 N–H and O–H groups in total. The molecule has 0 aliphatic carbocycles. The van der Waals surface area contributed by atoms with Gasteiger partial charge in [-0.2, -0.15) is 0 Å². The van der Waals surface area contributed by atoms with Gasteiger partial charge in [0.15, 0.2) is 0 Å². The van der Waals surface area contributed by atoms with Gasteiger partial charge in [0.05, 0.1) is 17.3 Å². The van der Waals surface area contributed by atoms with Crippen LogP contribution in [-0.2, 0) is 9.53 Å². The standard InChI is InChI=1S/C15H18ClNO3/c1-20-10-4-6-15(19)17-14-11-12(5-2-3-9-18)7-8-13(14)16/h7-8,11,18H,3-4,6,9-10H2,1H3,(H,17,19). The van der Waals surface area contributed by atoms with E-state index in [1.54, 1.807) is 25.3 Å². The summed E-state index contributed by atoms with van der Waals surface area (Å²) >= 11 is 6.04. The number of rotatable bonds is 6. The Morgan fingerprint density at radius 2 is 2.30 bits per heavy atom. The van der Waals surface area contributed by atoms with Crippen LogP contribution in [0.25, 0.3) is 0 Å². The predicted molar refractivity (Wildman–Crippen MR) is 79.8 cm³/mol. The normalized spacial score (nSPS) is 9.75. The Morgan fingerprint density at radius 3 is 3.00 bits per heavy atom. The molecule has 0 aromatic heterocycles. The zero-order chi connectivity index (χ0) is 14.8. The maximum absolute atomic E-state index is 11.7. The lowest BCUT2D eigenvalue weighted by Crippen LogP contribution is -2.12. The number of aliphatic hydroxyl groups excluding tert-OH is 1. The highest BCUT2D eigenvalue weighted by molar-refractivity contribution is 6.33. The van der Waals surface area contributed by atoms with Crippen molar-refractivity contribution in [2.45, 2.75) is 19.3 Å². The summed E-state index contributed by atoms with van der Waals surface area (Å²) in [5.41, 5.74) is 1.29. The number of hydrogen-bond acceptors (Lipinski definition) is 3. The number of methoxy groups -OCH3 is 1. The predicted octanol–water partition coefficient (Wildman–Crippen LogP) is 2.44. The SMILES string of the molecule is COCCCC(=O)Nc1cc(C#CCCO)ccc1Cl. The Morgan fingerprint density at radius 1 is 1.50 bits per heavy atom. The summed E-state index contributed by atoms with van der Waals surface area (Å²) in [7, 11) is 1.60. The lowest BCUT2D eigenvalue weighted by Gasteiger charge is -2.07. The average molecular weight is 296 g/mol. The fourth-order valence-electron chi connectivity index (χ4n) is 1.51. The Bertz CT molecular complexity index is 506. The van der Waals surface area contributed by atoms with Crippen LogP contribution >= 0.6 is 11.6 Å². The monoisotopic (exact) mass is 295 g/mol. The molecule has 0 bridgehead atoms. The van der Waals surface area contributed by atoms with Gasteiger partial charge in [-0.1, -0.05) is 23.4 Å². The summed E-state index contributed by atoms with van der Waals surface area (Å²) in [6.07, 6.45) is 1.46. The van der Waals surface area contributed by atoms with E-state index in [1.165, 1.54) is 0 Å². The average Bonchev–Trinajstić information content (AvgIpc) is 2.43. The van der Waals surface area contributed by atoms with Gasteiger partial charge < -0.3 is 15.2 Å². The quantitative estimate of drug-likeness (QED) is 0.626. The molecule has 0 heterocycles. The Hall–Kier alpha value is -1.54. The lowest BCUT2D eigenvalue weighted by molar-refractivity contribution is -0.116. The minimum Gasteiger partial charge on any atom is -0.395 e. The van der Waals surface area contributed by atoms with E-state index in [0.717, 1.165) is 5.56 Å². The molecule has 0 saturated heterocycles. The third-order valence-electron chi connectivity index (χ3n) is 2.46. The fourth-order valence-corrected chi connectivity index (χ4v) is 1.67. The van der Waals surface area contributed by atoms with Gasteiger partial charge in [0.2, 0.25) is 5.91 Å². The third kappa shape index (κ3) is 6.07. The van der Waals surface area contributed by atoms with Crippen LogP contribution in [0, 0.1) is 11.8 Å². The molecular formula is C15H18ClNO3. The number of halogens is 1. The van der Waals surface area contributed by atoms with Crippen LogP contribution in [-0.4, -0.2) is 31.3 Å². The van der Waals surface area contributed by atoms with Crippen molar-refractivity contribution in [1.29, 1.82) is 0 Å². The van der Waals surface area contributed by atoms with Gasteiger partial charge in [-0.05, 0) is 24.6 Å². The molecule has 0 aliphatic rings. The van der Waals surface area contributed by atoms with Gasteiger partial charge in [-0.15, -0.1) is 0 Å². The maximum atomic E-state index is 11.7. The fraction of sp³-hybridized carbons (Fsp3) is 0.400. The molecule has 0 fully saturated rings. The Kier molecular flexibility index (Phi) is 7.74. The van der Waals surface area contributed by atoms with Gasteiger partial charge in [0, 0.05) is 32.1 Å². The number of aliphatic hydroxyl groups is 1. The molecule has 0 saturated carbocycles. The van der Waals surface area contributed by atoms with Crippen molar-refractivity contribution >= 4 is 23.2 Å². The second kappa shape index (κ2) is 9.38. The molecule has 5 heteroatoms. The Balaban J connectivity index is 2.67. The van der Waals surface area contributed by atoms with Crippen molar-refractivity contribution in [3.8, 4) is 11.8 Å². The number of ether oxygens (including phenoxy) is 1. The van der Waals surface area contributed by atoms with E-state index in [2.05, 4.69) is 17.2 Å². The van der Waals surface area contributed by atoms with E-state index in [-0.39, 0.29) is 12.5 Å². The van der Waals surface area contributed by atoms with Crippen molar-refractivity contribution in [2.24, 2.45) is 0 Å². The second-order valence-corrected chi connectivity index (χ2v) is 4.52. The van der Waals surface area contributed by atoms with Crippen LogP contribution in [0.2, 0.25) is 5.02 Å². The molecule has 0 unspecified atom stereocenters. The van der Waals surface area contributed by atoms with E-state index >= 15 is 0 Å². The topological polar surface area (TPSA) is 58.6 Å². The number of amides is 1. The molecule has 0 atom stereocenters. The first-order chi connectivity index (χ1) is 9.67. The largest absolute Gasteiger partial charge is 0.395 e. The van der Waals surface area contributed by atoms with E-state index in [1.807, 2.05) is 0 Å². The van der Waals surface area contributed by atoms with Crippen LogP contribution in [0.15, 0.2) is 18.2 Å². The van der Waals surface area contributed by atoms with E-state index in [4.69, 9.17) is 21.4 Å². The van der Waals surface area contributed by atoms with Gasteiger partial charge >= 0.3 is 0 Å². The van der Waals surface area contributed by atoms with Crippen LogP contribution in [0.4, 0.5) is 5.69 Å². The first kappa shape index (κ1) is 16.5. The minimum absolute atomic E-state index is 0.0314. The number of hydrogen-bond donors (Lipinski definition) is 2. The van der Waals surface area contributed by atoms with Crippen LogP contribution in [0.5, 0.6) is 0 Å². The van der Waals surface area contributed by atoms with Gasteiger partial charge in [0.25, 0.3) is 0 Å². The molecule has 0 spiro atoms. The molecule has 4 nitrogen and oxygen atoms in total. The molecular weight excluding hydrogens is 278 g/mol. The number of benzene rings is 1. The highest BCUT2D eigenvalue weighted by Crippen LogP contribution is 2.23. The summed E-state index contributed by atoms with van der Waals surface area (Å²) in [5.74, 6) is 5.61. The highest BCUT2D eigenvalue weighted by atomic mass is 35.5. The third-order valence-corrected chi connectivity index (χ3v) is 2.79. The van der Waals surface area contributed by atoms with Crippen molar-refractivity contribution in [1.82, 2.24) is 0 Å². The molecule has 1 aromatic carbocycles. The molecule has 1 aromatic rings. The van der Waals surface area contributed by atoms with E-state index in [0.29, 0.717) is 36.6 Å². The van der Waals surface area contributed by atoms with E-state index < -0.39 is 0 Å². The smallest absolute Gasteiger partial charge is 0.224 e. The summed E-state index contributed by atoms with van der Waals surface area (Å²) in [5, 5.41) is 11.9. The maximum Gasteiger partial charge on any atom is 0.224 e. The summed E-state index contributed by atoms with van der Waals surface area (Å²) in [4.78, 5) is 11.7. The van der Waals surface area contributed by atoms with Gasteiger partial charge in [-0.25, -0.2) is 0 Å². The van der Waals surface area contributed by atoms with Crippen molar-refractivity contribution in [3.05, 3.63) is 28.8 Å². The Labute approximate surface area is 124 Å². The van der Waals surface area contributed by atoms with Crippen molar-refractivity contribution < 1.29 is 14.6 Å². The number of anilines is 1. The molecule has 20 heavy (non-hydrogen) atoms. The minimum atomic E-state index is -0.107. The molecule has 0 radical (unpaired) electrons. The van der Waals surface area contributed by atoms with Crippen LogP contribution < -0.4 is 5.32 Å². The number of carbonyl (C=O) groups excluding carboxylic acids is 1. The molecule has 1 rings (SSSR count). The van der Waals surface area contributed by atoms with Gasteiger partial charge in [-0.3, -0.25) is 4.79 Å². The lowest BCUT2D eigenvalue weighted by atomic mass is 10.2. The van der Waals surface area contributed by atoms with Crippen molar-refractivity contribution in [2.75, 3.05) is 25.6 Å². The van der Waals surface area contributed by atoms with Crippen LogP contribution in [0.1, 0.15) is 24.8 Å². The van der Waals surface area contributed by atoms with Crippen LogP contribution in [0.3, 0.4) is 0 Å². The number of carbonyl (C=O) groups is 1. The molecule has 1 amide bonds. The summed E-state index contributed by atoms with van der Waals surface area (Å²) in [6, 6.07) is 5.18. The second-order valence-electron chi connectivity index (χ2n) is 4.11. The zero-order valence-electron chi connectivity index (χ0n) is 11.4. The summed E-state index contributed by atoms with van der Waals surface area (Å²) < 4.78 is 4.90. The molecule has 108 valence electrons.